The summed E-state index contributed by atoms with van der Waals surface area (Å²) >= 11 is 0. The molecule has 0 aromatic carbocycles. The zero-order valence-electron chi connectivity index (χ0n) is 9.61. The fourth-order valence-corrected chi connectivity index (χ4v) is 1.13. The van der Waals surface area contributed by atoms with Gasteiger partial charge in [0.15, 0.2) is 0 Å². The van der Waals surface area contributed by atoms with E-state index in [2.05, 4.69) is 11.7 Å². The molecule has 4 nitrogen and oxygen atoms in total. The maximum Gasteiger partial charge on any atom is 0.306 e. The highest BCUT2D eigenvalue weighted by Crippen LogP contribution is 2.11. The van der Waals surface area contributed by atoms with E-state index in [0.717, 1.165) is 32.3 Å². The monoisotopic (exact) mass is 218 g/mol. The molecule has 0 aromatic heterocycles. The molecule has 0 saturated carbocycles. The van der Waals surface area contributed by atoms with Crippen LogP contribution in [0.2, 0.25) is 0 Å². The van der Waals surface area contributed by atoms with E-state index in [-0.39, 0.29) is 18.6 Å². The summed E-state index contributed by atoms with van der Waals surface area (Å²) in [6.07, 6.45) is 3.90. The minimum atomic E-state index is -0.643. The van der Waals surface area contributed by atoms with Crippen LogP contribution in [0.5, 0.6) is 0 Å². The SMILES string of the molecule is CCCCC(CC)C(=O)O.OCC1CO1. The van der Waals surface area contributed by atoms with Crippen LogP contribution in [0.25, 0.3) is 0 Å². The van der Waals surface area contributed by atoms with Gasteiger partial charge in [0.05, 0.1) is 19.1 Å². The number of carboxylic acids is 1. The molecule has 2 atom stereocenters. The molecule has 2 N–H and O–H groups in total. The fraction of sp³-hybridized carbons (Fsp3) is 0.909. The van der Waals surface area contributed by atoms with Crippen LogP contribution >= 0.6 is 0 Å². The van der Waals surface area contributed by atoms with E-state index in [4.69, 9.17) is 10.2 Å². The zero-order valence-corrected chi connectivity index (χ0v) is 9.61. The molecule has 0 amide bonds. The van der Waals surface area contributed by atoms with E-state index in [0.29, 0.717) is 0 Å². The Bertz CT molecular complexity index is 166. The second-order valence-electron chi connectivity index (χ2n) is 3.72. The number of rotatable bonds is 6. The first kappa shape index (κ1) is 14.4. The van der Waals surface area contributed by atoms with Crippen LogP contribution < -0.4 is 0 Å². The molecule has 15 heavy (non-hydrogen) atoms. The molecule has 0 spiro atoms. The lowest BCUT2D eigenvalue weighted by molar-refractivity contribution is -0.142. The Morgan fingerprint density at radius 1 is 1.53 bits per heavy atom. The molecule has 1 saturated heterocycles. The minimum absolute atomic E-state index is 0.111. The van der Waals surface area contributed by atoms with Gasteiger partial charge in [0.1, 0.15) is 6.10 Å². The van der Waals surface area contributed by atoms with Gasteiger partial charge in [-0.25, -0.2) is 0 Å². The second kappa shape index (κ2) is 8.68. The van der Waals surface area contributed by atoms with Gasteiger partial charge >= 0.3 is 5.97 Å². The van der Waals surface area contributed by atoms with E-state index in [1.165, 1.54) is 0 Å². The number of carboxylic acid groups (broad SMARTS) is 1. The molecule has 1 fully saturated rings. The van der Waals surface area contributed by atoms with Crippen molar-refractivity contribution in [1.82, 2.24) is 0 Å². The van der Waals surface area contributed by atoms with Crippen LogP contribution in [0.15, 0.2) is 0 Å². The lowest BCUT2D eigenvalue weighted by Crippen LogP contribution is -2.11. The first-order valence-corrected chi connectivity index (χ1v) is 5.60. The van der Waals surface area contributed by atoms with E-state index >= 15 is 0 Å². The third-order valence-corrected chi connectivity index (χ3v) is 2.35. The van der Waals surface area contributed by atoms with Crippen LogP contribution in [-0.2, 0) is 9.53 Å². The summed E-state index contributed by atoms with van der Waals surface area (Å²) in [5, 5.41) is 16.7. The number of aliphatic carboxylic acids is 1. The number of ether oxygens (including phenoxy) is 1. The van der Waals surface area contributed by atoms with Crippen molar-refractivity contribution in [3.8, 4) is 0 Å². The van der Waals surface area contributed by atoms with Gasteiger partial charge in [0, 0.05) is 0 Å². The Balaban J connectivity index is 0.000000322. The van der Waals surface area contributed by atoms with E-state index < -0.39 is 5.97 Å². The predicted molar refractivity (Wildman–Crippen MR) is 57.8 cm³/mol. The molecule has 1 aliphatic rings. The van der Waals surface area contributed by atoms with Crippen molar-refractivity contribution in [3.05, 3.63) is 0 Å². The molecule has 90 valence electrons. The van der Waals surface area contributed by atoms with Gasteiger partial charge in [-0.2, -0.15) is 0 Å². The summed E-state index contributed by atoms with van der Waals surface area (Å²) in [4.78, 5) is 10.4. The van der Waals surface area contributed by atoms with Gasteiger partial charge < -0.3 is 14.9 Å². The number of aliphatic hydroxyl groups excluding tert-OH is 1. The highest BCUT2D eigenvalue weighted by atomic mass is 16.6. The Morgan fingerprint density at radius 2 is 2.13 bits per heavy atom. The Hall–Kier alpha value is -0.610. The zero-order chi connectivity index (χ0) is 11.7. The molecule has 0 aromatic rings. The maximum atomic E-state index is 10.4. The summed E-state index contributed by atoms with van der Waals surface area (Å²) < 4.78 is 4.61. The van der Waals surface area contributed by atoms with Crippen molar-refractivity contribution in [2.24, 2.45) is 5.92 Å². The summed E-state index contributed by atoms with van der Waals surface area (Å²) in [6.45, 7) is 4.96. The average Bonchev–Trinajstić information content (AvgIpc) is 3.02. The predicted octanol–water partition coefficient (Wildman–Crippen LogP) is 1.66. The first-order valence-electron chi connectivity index (χ1n) is 5.60. The molecule has 4 heteroatoms. The summed E-state index contributed by atoms with van der Waals surface area (Å²) in [5.41, 5.74) is 0. The Labute approximate surface area is 91.3 Å². The van der Waals surface area contributed by atoms with Crippen molar-refractivity contribution in [3.63, 3.8) is 0 Å². The number of hydrogen-bond acceptors (Lipinski definition) is 3. The minimum Gasteiger partial charge on any atom is -0.481 e. The van der Waals surface area contributed by atoms with Crippen molar-refractivity contribution in [2.75, 3.05) is 13.2 Å². The van der Waals surface area contributed by atoms with Gasteiger partial charge in [0.2, 0.25) is 0 Å². The highest BCUT2D eigenvalue weighted by molar-refractivity contribution is 5.69. The van der Waals surface area contributed by atoms with Crippen LogP contribution in [0.1, 0.15) is 39.5 Å². The normalized spacial score (nSPS) is 20.1. The van der Waals surface area contributed by atoms with Crippen molar-refractivity contribution < 1.29 is 19.7 Å². The third kappa shape index (κ3) is 8.39. The number of epoxide rings is 1. The Morgan fingerprint density at radius 3 is 2.33 bits per heavy atom. The van der Waals surface area contributed by atoms with Crippen molar-refractivity contribution in [1.29, 1.82) is 0 Å². The lowest BCUT2D eigenvalue weighted by atomic mass is 10.00. The van der Waals surface area contributed by atoms with E-state index in [1.807, 2.05) is 6.92 Å². The molecule has 1 aliphatic heterocycles. The maximum absolute atomic E-state index is 10.4. The third-order valence-electron chi connectivity index (χ3n) is 2.35. The molecule has 1 heterocycles. The van der Waals surface area contributed by atoms with Crippen LogP contribution in [-0.4, -0.2) is 35.5 Å². The van der Waals surface area contributed by atoms with Gasteiger partial charge in [-0.15, -0.1) is 0 Å². The highest BCUT2D eigenvalue weighted by Gasteiger charge is 2.19. The van der Waals surface area contributed by atoms with E-state index in [9.17, 15) is 4.79 Å². The van der Waals surface area contributed by atoms with E-state index in [1.54, 1.807) is 0 Å². The summed E-state index contributed by atoms with van der Waals surface area (Å²) in [6, 6.07) is 0. The number of hydrogen-bond donors (Lipinski definition) is 2. The standard InChI is InChI=1S/C8H16O2.C3H6O2/c1-3-5-6-7(4-2)8(9)10;4-1-3-2-5-3/h7H,3-6H2,1-2H3,(H,9,10);3-4H,1-2H2. The van der Waals surface area contributed by atoms with Gasteiger partial charge in [0.25, 0.3) is 0 Å². The number of aliphatic hydroxyl groups is 1. The van der Waals surface area contributed by atoms with Crippen molar-refractivity contribution in [2.45, 2.75) is 45.6 Å². The molecular weight excluding hydrogens is 196 g/mol. The molecule has 1 rings (SSSR count). The van der Waals surface area contributed by atoms with Crippen LogP contribution in [0, 0.1) is 5.92 Å². The largest absolute Gasteiger partial charge is 0.481 e. The Kier molecular flexibility index (Phi) is 8.33. The first-order chi connectivity index (χ1) is 7.15. The van der Waals surface area contributed by atoms with Gasteiger partial charge in [-0.05, 0) is 12.8 Å². The molecule has 0 aliphatic carbocycles. The topological polar surface area (TPSA) is 70.1 Å². The molecule has 0 radical (unpaired) electrons. The second-order valence-corrected chi connectivity index (χ2v) is 3.72. The molecule has 2 unspecified atom stereocenters. The van der Waals surface area contributed by atoms with Crippen LogP contribution in [0.3, 0.4) is 0 Å². The van der Waals surface area contributed by atoms with Gasteiger partial charge in [-0.1, -0.05) is 26.7 Å². The number of carbonyl (C=O) groups is 1. The smallest absolute Gasteiger partial charge is 0.306 e. The molecule has 0 bridgehead atoms. The number of unbranched alkanes of at least 4 members (excludes halogenated alkanes) is 1. The average molecular weight is 218 g/mol. The quantitative estimate of drug-likeness (QED) is 0.665. The summed E-state index contributed by atoms with van der Waals surface area (Å²) in [5.74, 6) is -0.754. The van der Waals surface area contributed by atoms with Crippen LogP contribution in [0.4, 0.5) is 0 Å². The summed E-state index contributed by atoms with van der Waals surface area (Å²) in [7, 11) is 0. The lowest BCUT2D eigenvalue weighted by Gasteiger charge is -2.06. The fourth-order valence-electron chi connectivity index (χ4n) is 1.13. The molecular formula is C11H22O4. The van der Waals surface area contributed by atoms with Crippen molar-refractivity contribution >= 4 is 5.97 Å². The van der Waals surface area contributed by atoms with Gasteiger partial charge in [-0.3, -0.25) is 4.79 Å².